The molecule has 1 N–H and O–H groups in total. The lowest BCUT2D eigenvalue weighted by Crippen LogP contribution is -2.62. The minimum atomic E-state index is 0.0217. The Balaban J connectivity index is 1.57. The number of aromatic nitrogens is 2. The zero-order chi connectivity index (χ0) is 17.8. The number of anilines is 1. The maximum atomic E-state index is 13.0. The van der Waals surface area contributed by atoms with Gasteiger partial charge in [-0.2, -0.15) is 0 Å². The average Bonchev–Trinajstić information content (AvgIpc) is 3.12. The van der Waals surface area contributed by atoms with Crippen LogP contribution in [0.2, 0.25) is 0 Å². The summed E-state index contributed by atoms with van der Waals surface area (Å²) in [5.74, 6) is 0.887. The minimum Gasteiger partial charge on any atom is -0.341 e. The molecule has 0 aromatic carbocycles. The molecule has 6 heteroatoms. The highest BCUT2D eigenvalue weighted by atomic mass is 16.2. The van der Waals surface area contributed by atoms with Gasteiger partial charge in [-0.3, -0.25) is 4.79 Å². The first kappa shape index (κ1) is 16.8. The van der Waals surface area contributed by atoms with Crippen molar-refractivity contribution in [1.29, 1.82) is 0 Å². The third-order valence-corrected chi connectivity index (χ3v) is 5.66. The number of hydrogen-bond donors (Lipinski definition) is 1. The van der Waals surface area contributed by atoms with Gasteiger partial charge in [-0.25, -0.2) is 9.97 Å². The molecule has 0 saturated carbocycles. The van der Waals surface area contributed by atoms with Crippen molar-refractivity contribution in [2.45, 2.75) is 77.0 Å². The first-order valence-corrected chi connectivity index (χ1v) is 9.45. The second kappa shape index (κ2) is 5.66. The van der Waals surface area contributed by atoms with E-state index >= 15 is 0 Å². The van der Waals surface area contributed by atoms with Crippen LogP contribution in [-0.2, 0) is 6.54 Å². The number of nitrogens with zero attached hydrogens (tertiary/aromatic N) is 4. The van der Waals surface area contributed by atoms with E-state index in [0.29, 0.717) is 12.1 Å². The second-order valence-corrected chi connectivity index (χ2v) is 9.11. The van der Waals surface area contributed by atoms with Crippen LogP contribution in [0, 0.1) is 0 Å². The summed E-state index contributed by atoms with van der Waals surface area (Å²) in [7, 11) is 0. The van der Waals surface area contributed by atoms with Crippen molar-refractivity contribution in [3.05, 3.63) is 17.5 Å². The smallest absolute Gasteiger partial charge is 0.257 e. The normalized spacial score (nSPS) is 25.5. The molecule has 0 radical (unpaired) electrons. The summed E-state index contributed by atoms with van der Waals surface area (Å²) < 4.78 is 0. The molecule has 1 amide bonds. The monoisotopic (exact) mass is 343 g/mol. The number of hydrogen-bond acceptors (Lipinski definition) is 5. The van der Waals surface area contributed by atoms with Crippen LogP contribution < -0.4 is 10.2 Å². The first-order chi connectivity index (χ1) is 11.7. The van der Waals surface area contributed by atoms with Gasteiger partial charge in [0.05, 0.1) is 17.8 Å². The number of piperidine rings is 1. The van der Waals surface area contributed by atoms with E-state index in [4.69, 9.17) is 4.98 Å². The number of carbonyl (C=O) groups excluding carboxylic acids is 1. The highest BCUT2D eigenvalue weighted by Crippen LogP contribution is 2.35. The van der Waals surface area contributed by atoms with Gasteiger partial charge in [0, 0.05) is 36.4 Å². The molecular formula is C19H29N5O. The fourth-order valence-corrected chi connectivity index (χ4v) is 4.95. The second-order valence-electron chi connectivity index (χ2n) is 9.11. The third-order valence-electron chi connectivity index (χ3n) is 5.66. The van der Waals surface area contributed by atoms with E-state index < -0.39 is 0 Å². The summed E-state index contributed by atoms with van der Waals surface area (Å²) in [5, 5.41) is 3.69. The standard InChI is InChI=1S/C19H29N5O/c1-18(2)9-13(10-19(3,4)22-18)24-12-15-14(16(24)25)11-20-17(21-15)23-7-5-6-8-23/h11,13,22H,5-10,12H2,1-4H3. The van der Waals surface area contributed by atoms with E-state index in [1.165, 1.54) is 12.8 Å². The quantitative estimate of drug-likeness (QED) is 0.893. The van der Waals surface area contributed by atoms with Gasteiger partial charge in [0.25, 0.3) is 5.91 Å². The number of carbonyl (C=O) groups is 1. The first-order valence-electron chi connectivity index (χ1n) is 9.45. The van der Waals surface area contributed by atoms with Crippen molar-refractivity contribution in [3.63, 3.8) is 0 Å². The molecule has 0 atom stereocenters. The Kier molecular flexibility index (Phi) is 3.79. The molecule has 136 valence electrons. The van der Waals surface area contributed by atoms with Gasteiger partial charge in [0.1, 0.15) is 0 Å². The number of rotatable bonds is 2. The lowest BCUT2D eigenvalue weighted by molar-refractivity contribution is 0.0465. The van der Waals surface area contributed by atoms with Crippen molar-refractivity contribution in [2.24, 2.45) is 0 Å². The van der Waals surface area contributed by atoms with E-state index in [1.807, 2.05) is 4.90 Å². The van der Waals surface area contributed by atoms with Crippen LogP contribution in [0.4, 0.5) is 5.95 Å². The Bertz CT molecular complexity index is 677. The maximum absolute atomic E-state index is 13.0. The van der Waals surface area contributed by atoms with Gasteiger partial charge in [0.2, 0.25) is 5.95 Å². The largest absolute Gasteiger partial charge is 0.341 e. The predicted octanol–water partition coefficient (Wildman–Crippen LogP) is 2.34. The molecule has 4 heterocycles. The molecule has 1 aromatic rings. The molecule has 2 saturated heterocycles. The highest BCUT2D eigenvalue weighted by molar-refractivity contribution is 5.97. The van der Waals surface area contributed by atoms with Crippen LogP contribution in [0.1, 0.15) is 69.4 Å². The fraction of sp³-hybridized carbons (Fsp3) is 0.737. The molecule has 0 unspecified atom stereocenters. The zero-order valence-electron chi connectivity index (χ0n) is 15.8. The summed E-state index contributed by atoms with van der Waals surface area (Å²) in [6.07, 6.45) is 6.07. The van der Waals surface area contributed by atoms with Gasteiger partial charge in [0.15, 0.2) is 0 Å². The molecule has 3 aliphatic heterocycles. The molecule has 0 bridgehead atoms. The van der Waals surface area contributed by atoms with Gasteiger partial charge in [-0.15, -0.1) is 0 Å². The molecule has 0 aliphatic carbocycles. The van der Waals surface area contributed by atoms with Crippen LogP contribution in [0.5, 0.6) is 0 Å². The molecule has 6 nitrogen and oxygen atoms in total. The molecule has 4 rings (SSSR count). The van der Waals surface area contributed by atoms with Gasteiger partial charge < -0.3 is 15.1 Å². The SMILES string of the molecule is CC1(C)CC(N2Cc3nc(N4CCCC4)ncc3C2=O)CC(C)(C)N1. The van der Waals surface area contributed by atoms with E-state index in [2.05, 4.69) is 42.9 Å². The number of fused-ring (bicyclic) bond motifs is 1. The summed E-state index contributed by atoms with van der Waals surface area (Å²) in [5.41, 5.74) is 1.63. The lowest BCUT2D eigenvalue weighted by Gasteiger charge is -2.48. The summed E-state index contributed by atoms with van der Waals surface area (Å²) >= 11 is 0. The summed E-state index contributed by atoms with van der Waals surface area (Å²) in [6.45, 7) is 11.5. The molecular weight excluding hydrogens is 314 g/mol. The molecule has 2 fully saturated rings. The van der Waals surface area contributed by atoms with Gasteiger partial charge in [-0.05, 0) is 53.4 Å². The highest BCUT2D eigenvalue weighted by Gasteiger charge is 2.44. The summed E-state index contributed by atoms with van der Waals surface area (Å²) in [4.78, 5) is 26.4. The Morgan fingerprint density at radius 3 is 2.40 bits per heavy atom. The number of nitrogens with one attached hydrogen (secondary N) is 1. The van der Waals surface area contributed by atoms with Crippen molar-refractivity contribution >= 4 is 11.9 Å². The van der Waals surface area contributed by atoms with Gasteiger partial charge in [-0.1, -0.05) is 0 Å². The van der Waals surface area contributed by atoms with Gasteiger partial charge >= 0.3 is 0 Å². The van der Waals surface area contributed by atoms with E-state index in [9.17, 15) is 4.79 Å². The average molecular weight is 343 g/mol. The van der Waals surface area contributed by atoms with Crippen molar-refractivity contribution in [3.8, 4) is 0 Å². The fourth-order valence-electron chi connectivity index (χ4n) is 4.95. The minimum absolute atomic E-state index is 0.0217. The van der Waals surface area contributed by atoms with E-state index in [-0.39, 0.29) is 23.0 Å². The van der Waals surface area contributed by atoms with Crippen LogP contribution >= 0.6 is 0 Å². The van der Waals surface area contributed by atoms with Crippen LogP contribution in [-0.4, -0.2) is 51.0 Å². The maximum Gasteiger partial charge on any atom is 0.257 e. The van der Waals surface area contributed by atoms with Crippen LogP contribution in [0.15, 0.2) is 6.20 Å². The predicted molar refractivity (Wildman–Crippen MR) is 97.7 cm³/mol. The van der Waals surface area contributed by atoms with E-state index in [0.717, 1.165) is 37.6 Å². The lowest BCUT2D eigenvalue weighted by atomic mass is 9.79. The number of amides is 1. The third kappa shape index (κ3) is 3.12. The zero-order valence-corrected chi connectivity index (χ0v) is 15.8. The Morgan fingerprint density at radius 2 is 1.76 bits per heavy atom. The molecule has 3 aliphatic rings. The van der Waals surface area contributed by atoms with E-state index in [1.54, 1.807) is 6.20 Å². The van der Waals surface area contributed by atoms with Crippen LogP contribution in [0.3, 0.4) is 0 Å². The van der Waals surface area contributed by atoms with Crippen molar-refractivity contribution < 1.29 is 4.79 Å². The molecule has 1 aromatic heterocycles. The Labute approximate surface area is 150 Å². The Morgan fingerprint density at radius 1 is 1.12 bits per heavy atom. The topological polar surface area (TPSA) is 61.4 Å². The molecule has 25 heavy (non-hydrogen) atoms. The van der Waals surface area contributed by atoms with Crippen LogP contribution in [0.25, 0.3) is 0 Å². The van der Waals surface area contributed by atoms with Crippen molar-refractivity contribution in [1.82, 2.24) is 20.2 Å². The molecule has 0 spiro atoms. The Hall–Kier alpha value is -1.69. The van der Waals surface area contributed by atoms with Crippen molar-refractivity contribution in [2.75, 3.05) is 18.0 Å². The summed E-state index contributed by atoms with van der Waals surface area (Å²) in [6, 6.07) is 0.239.